The first kappa shape index (κ1) is 17.8. The first-order valence-corrected chi connectivity index (χ1v) is 9.41. The average molecular weight is 368 g/mol. The predicted octanol–water partition coefficient (Wildman–Crippen LogP) is 1.70. The Morgan fingerprint density at radius 1 is 1.15 bits per heavy atom. The Bertz CT molecular complexity index is 837. The van der Waals surface area contributed by atoms with Crippen molar-refractivity contribution in [3.63, 3.8) is 0 Å². The summed E-state index contributed by atoms with van der Waals surface area (Å²) in [6.45, 7) is 7.13. The summed E-state index contributed by atoms with van der Waals surface area (Å²) in [5, 5.41) is 0. The maximum absolute atomic E-state index is 12.9. The van der Waals surface area contributed by atoms with Crippen molar-refractivity contribution in [1.29, 1.82) is 0 Å². The van der Waals surface area contributed by atoms with E-state index in [2.05, 4.69) is 19.9 Å². The fourth-order valence-electron chi connectivity index (χ4n) is 3.59. The molecule has 1 atom stereocenters. The summed E-state index contributed by atoms with van der Waals surface area (Å²) in [4.78, 5) is 34.5. The molecule has 8 heteroatoms. The number of amides is 1. The summed E-state index contributed by atoms with van der Waals surface area (Å²) in [5.74, 6) is 1.36. The van der Waals surface area contributed by atoms with E-state index in [1.807, 2.05) is 19.9 Å². The normalized spacial score (nSPS) is 20.1. The minimum Gasteiger partial charge on any atom is -0.368 e. The second-order valence-corrected chi connectivity index (χ2v) is 7.00. The van der Waals surface area contributed by atoms with E-state index in [0.29, 0.717) is 36.8 Å². The van der Waals surface area contributed by atoms with Crippen molar-refractivity contribution in [2.45, 2.75) is 32.8 Å². The van der Waals surface area contributed by atoms with Crippen LogP contribution < -0.4 is 4.90 Å². The number of morpholine rings is 1. The number of aromatic nitrogens is 4. The van der Waals surface area contributed by atoms with Crippen molar-refractivity contribution in [3.8, 4) is 0 Å². The highest BCUT2D eigenvalue weighted by atomic mass is 16.5. The fraction of sp³-hybridized carbons (Fsp3) is 0.526. The third kappa shape index (κ3) is 3.75. The number of hydrogen-bond acceptors (Lipinski definition) is 7. The molecule has 142 valence electrons. The molecule has 2 aliphatic heterocycles. The Balaban J connectivity index is 1.51. The third-order valence-corrected chi connectivity index (χ3v) is 5.07. The van der Waals surface area contributed by atoms with Gasteiger partial charge in [0.05, 0.1) is 30.1 Å². The van der Waals surface area contributed by atoms with Crippen LogP contribution in [0.3, 0.4) is 0 Å². The molecule has 0 bridgehead atoms. The lowest BCUT2D eigenvalue weighted by atomic mass is 10.1. The SMILES string of the molecule is Cc1ncc(C(=O)N2CCO[C@H](c3ccnc(N4CCCC4)n3)C2)c(C)n1. The molecule has 0 radical (unpaired) electrons. The van der Waals surface area contributed by atoms with Gasteiger partial charge in [-0.05, 0) is 32.8 Å². The van der Waals surface area contributed by atoms with Gasteiger partial charge in [-0.25, -0.2) is 19.9 Å². The van der Waals surface area contributed by atoms with Gasteiger partial charge in [0.25, 0.3) is 5.91 Å². The van der Waals surface area contributed by atoms with Gasteiger partial charge < -0.3 is 14.5 Å². The lowest BCUT2D eigenvalue weighted by Crippen LogP contribution is -2.43. The number of aryl methyl sites for hydroxylation is 2. The number of carbonyl (C=O) groups is 1. The Morgan fingerprint density at radius 2 is 1.96 bits per heavy atom. The van der Waals surface area contributed by atoms with Gasteiger partial charge in [-0.2, -0.15) is 0 Å². The third-order valence-electron chi connectivity index (χ3n) is 5.07. The number of ether oxygens (including phenoxy) is 1. The molecule has 0 aliphatic carbocycles. The van der Waals surface area contributed by atoms with Crippen LogP contribution in [0.4, 0.5) is 5.95 Å². The van der Waals surface area contributed by atoms with Crippen LogP contribution >= 0.6 is 0 Å². The topological polar surface area (TPSA) is 84.3 Å². The van der Waals surface area contributed by atoms with Crippen molar-refractivity contribution >= 4 is 11.9 Å². The molecular formula is C19H24N6O2. The Morgan fingerprint density at radius 3 is 2.74 bits per heavy atom. The van der Waals surface area contributed by atoms with Gasteiger partial charge in [-0.1, -0.05) is 0 Å². The molecule has 0 N–H and O–H groups in total. The molecule has 2 fully saturated rings. The highest BCUT2D eigenvalue weighted by molar-refractivity contribution is 5.95. The van der Waals surface area contributed by atoms with Crippen molar-refractivity contribution in [3.05, 3.63) is 41.2 Å². The molecule has 0 unspecified atom stereocenters. The van der Waals surface area contributed by atoms with Gasteiger partial charge >= 0.3 is 0 Å². The van der Waals surface area contributed by atoms with Crippen LogP contribution in [-0.2, 0) is 4.74 Å². The first-order valence-electron chi connectivity index (χ1n) is 9.41. The number of carbonyl (C=O) groups excluding carboxylic acids is 1. The van der Waals surface area contributed by atoms with Crippen molar-refractivity contribution in [2.75, 3.05) is 37.7 Å². The van der Waals surface area contributed by atoms with Crippen molar-refractivity contribution in [1.82, 2.24) is 24.8 Å². The molecule has 2 aromatic heterocycles. The van der Waals surface area contributed by atoms with Gasteiger partial charge in [-0.3, -0.25) is 4.79 Å². The van der Waals surface area contributed by atoms with Crippen LogP contribution in [-0.4, -0.2) is 63.5 Å². The van der Waals surface area contributed by atoms with Crippen LogP contribution in [0.25, 0.3) is 0 Å². The molecule has 1 amide bonds. The Hall–Kier alpha value is -2.61. The Labute approximate surface area is 158 Å². The van der Waals surface area contributed by atoms with Crippen LogP contribution in [0.2, 0.25) is 0 Å². The zero-order chi connectivity index (χ0) is 18.8. The highest BCUT2D eigenvalue weighted by Gasteiger charge is 2.29. The van der Waals surface area contributed by atoms with Crippen LogP contribution in [0.15, 0.2) is 18.5 Å². The molecule has 8 nitrogen and oxygen atoms in total. The van der Waals surface area contributed by atoms with E-state index in [1.165, 1.54) is 12.8 Å². The average Bonchev–Trinajstić information content (AvgIpc) is 3.23. The highest BCUT2D eigenvalue weighted by Crippen LogP contribution is 2.24. The number of hydrogen-bond donors (Lipinski definition) is 0. The van der Waals surface area contributed by atoms with E-state index >= 15 is 0 Å². The van der Waals surface area contributed by atoms with E-state index in [-0.39, 0.29) is 12.0 Å². The quantitative estimate of drug-likeness (QED) is 0.815. The summed E-state index contributed by atoms with van der Waals surface area (Å²) in [6.07, 6.45) is 5.49. The van der Waals surface area contributed by atoms with Crippen molar-refractivity contribution in [2.24, 2.45) is 0 Å². The maximum Gasteiger partial charge on any atom is 0.257 e. The number of anilines is 1. The summed E-state index contributed by atoms with van der Waals surface area (Å²) in [7, 11) is 0. The summed E-state index contributed by atoms with van der Waals surface area (Å²) in [5.41, 5.74) is 2.07. The van der Waals surface area contributed by atoms with Gasteiger partial charge in [-0.15, -0.1) is 0 Å². The van der Waals surface area contributed by atoms with Crippen LogP contribution in [0.1, 0.15) is 46.5 Å². The molecule has 2 aliphatic rings. The van der Waals surface area contributed by atoms with E-state index < -0.39 is 0 Å². The lowest BCUT2D eigenvalue weighted by molar-refractivity contribution is -0.0248. The largest absolute Gasteiger partial charge is 0.368 e. The fourth-order valence-corrected chi connectivity index (χ4v) is 3.59. The number of nitrogens with zero attached hydrogens (tertiary/aromatic N) is 6. The lowest BCUT2D eigenvalue weighted by Gasteiger charge is -2.33. The molecule has 27 heavy (non-hydrogen) atoms. The van der Waals surface area contributed by atoms with E-state index in [4.69, 9.17) is 9.72 Å². The van der Waals surface area contributed by atoms with Crippen LogP contribution in [0, 0.1) is 13.8 Å². The zero-order valence-electron chi connectivity index (χ0n) is 15.8. The summed E-state index contributed by atoms with van der Waals surface area (Å²) < 4.78 is 5.91. The molecule has 0 spiro atoms. The molecule has 2 aromatic rings. The van der Waals surface area contributed by atoms with E-state index in [9.17, 15) is 4.79 Å². The first-order chi connectivity index (χ1) is 13.1. The number of rotatable bonds is 3. The smallest absolute Gasteiger partial charge is 0.257 e. The van der Waals surface area contributed by atoms with Crippen molar-refractivity contribution < 1.29 is 9.53 Å². The maximum atomic E-state index is 12.9. The van der Waals surface area contributed by atoms with Gasteiger partial charge in [0.1, 0.15) is 11.9 Å². The molecule has 0 aromatic carbocycles. The van der Waals surface area contributed by atoms with Gasteiger partial charge in [0.15, 0.2) is 0 Å². The zero-order valence-corrected chi connectivity index (χ0v) is 15.8. The van der Waals surface area contributed by atoms with E-state index in [0.717, 1.165) is 24.7 Å². The molecule has 4 rings (SSSR count). The Kier molecular flexibility index (Phi) is 4.98. The van der Waals surface area contributed by atoms with Crippen LogP contribution in [0.5, 0.6) is 0 Å². The minimum atomic E-state index is -0.251. The monoisotopic (exact) mass is 368 g/mol. The second-order valence-electron chi connectivity index (χ2n) is 7.00. The summed E-state index contributed by atoms with van der Waals surface area (Å²) in [6, 6.07) is 1.87. The van der Waals surface area contributed by atoms with E-state index in [1.54, 1.807) is 17.3 Å². The predicted molar refractivity (Wildman–Crippen MR) is 99.6 cm³/mol. The molecule has 2 saturated heterocycles. The van der Waals surface area contributed by atoms with Gasteiger partial charge in [0.2, 0.25) is 5.95 Å². The molecule has 4 heterocycles. The standard InChI is InChI=1S/C19H24N6O2/c1-13-15(11-21-14(2)22-13)18(26)25-9-10-27-17(12-25)16-5-6-20-19(23-16)24-7-3-4-8-24/h5-6,11,17H,3-4,7-10,12H2,1-2H3/t17-/m0/s1. The summed E-state index contributed by atoms with van der Waals surface area (Å²) >= 11 is 0. The van der Waals surface area contributed by atoms with Gasteiger partial charge in [0, 0.05) is 32.0 Å². The minimum absolute atomic E-state index is 0.0605. The second kappa shape index (κ2) is 7.56. The molecular weight excluding hydrogens is 344 g/mol. The molecule has 0 saturated carbocycles.